The average molecular weight is 746 g/mol. The predicted octanol–water partition coefficient (Wildman–Crippen LogP) is 11.4. The Morgan fingerprint density at radius 2 is 1.57 bits per heavy atom. The average Bonchev–Trinajstić information content (AvgIpc) is 3.19. The number of rotatable bonds is 24. The number of anilines is 2. The summed E-state index contributed by atoms with van der Waals surface area (Å²) in [6.07, 6.45) is 26.2. The van der Waals surface area contributed by atoms with E-state index in [0.717, 1.165) is 60.6 Å². The molecule has 4 aliphatic heterocycles. The van der Waals surface area contributed by atoms with Crippen LogP contribution in [0.15, 0.2) is 67.3 Å². The van der Waals surface area contributed by atoms with Crippen LogP contribution in [0.1, 0.15) is 128 Å². The zero-order valence-corrected chi connectivity index (χ0v) is 33.5. The fourth-order valence-corrected chi connectivity index (χ4v) is 10.5. The largest absolute Gasteiger partial charge is 0.497 e. The molecule has 8 heteroatoms. The maximum Gasteiger partial charge on any atom is 0.412 e. The number of fused-ring (bicyclic) bond motifs is 4. The van der Waals surface area contributed by atoms with Crippen LogP contribution in [0.25, 0.3) is 5.57 Å². The van der Waals surface area contributed by atoms with Crippen molar-refractivity contribution in [2.45, 2.75) is 140 Å². The van der Waals surface area contributed by atoms with Gasteiger partial charge in [-0.15, -0.1) is 6.58 Å². The van der Waals surface area contributed by atoms with Crippen LogP contribution < -0.4 is 15.4 Å². The van der Waals surface area contributed by atoms with Gasteiger partial charge in [-0.25, -0.2) is 4.79 Å². The van der Waals surface area contributed by atoms with E-state index in [1.54, 1.807) is 7.11 Å². The molecule has 2 aromatic carbocycles. The summed E-state index contributed by atoms with van der Waals surface area (Å²) in [5.74, 6) is 2.16. The minimum absolute atomic E-state index is 0.0540. The minimum atomic E-state index is -0.993. The Morgan fingerprint density at radius 1 is 0.925 bits per heavy atom. The van der Waals surface area contributed by atoms with Crippen LogP contribution in [0.5, 0.6) is 5.75 Å². The molecule has 7 atom stereocenters. The summed E-state index contributed by atoms with van der Waals surface area (Å²) in [6, 6.07) is 15.3. The molecular weight excluding hydrogens is 679 g/mol. The Labute approximate surface area is 323 Å². The van der Waals surface area contributed by atoms with Crippen LogP contribution in [0.4, 0.5) is 16.2 Å². The van der Waals surface area contributed by atoms with Gasteiger partial charge >= 0.3 is 6.09 Å². The normalized spacial score (nSPS) is 22.9. The quantitative estimate of drug-likeness (QED) is 0.0823. The first-order valence-electron chi connectivity index (χ1n) is 20.9. The third-order valence-electron chi connectivity index (χ3n) is 11.7. The van der Waals surface area contributed by atoms with Gasteiger partial charge in [-0.05, 0) is 61.4 Å². The van der Waals surface area contributed by atoms with Gasteiger partial charge in [0.15, 0.2) is 0 Å². The Balaban J connectivity index is 1.15. The molecule has 0 saturated carbocycles. The summed E-state index contributed by atoms with van der Waals surface area (Å²) < 4.78 is 26.2. The number of carbonyl (C=O) groups is 1. The highest BCUT2D eigenvalue weighted by atomic mass is 32.2. The standard InChI is InChI=1S/C45H67N3O4S/c1-4-6-7-8-9-10-11-12-13-14-15-16-17-18-19-23-30-53(50)43-32-36-31-42(48(43)34-35(36)5-2)44(52-45(49)47-37-24-21-20-22-25-37)39-28-29-46-41-27-26-38(51-3)33-40(39)41/h5,20-22,24-28,33,35-36,42-44,46H,2,4,6-19,23,29-32,34H2,1,3H3,(H,47,49)/t35-,36?,42-,43?,44+,53?/m0/s1. The molecule has 2 N–H and O–H groups in total. The lowest BCUT2D eigenvalue weighted by Gasteiger charge is -2.55. The summed E-state index contributed by atoms with van der Waals surface area (Å²) in [5, 5.41) is 6.36. The molecule has 292 valence electrons. The van der Waals surface area contributed by atoms with Crippen molar-refractivity contribution in [2.24, 2.45) is 11.8 Å². The van der Waals surface area contributed by atoms with Crippen molar-refractivity contribution in [1.82, 2.24) is 4.90 Å². The molecular formula is C45H67N3O4S. The summed E-state index contributed by atoms with van der Waals surface area (Å²) in [6.45, 7) is 7.87. The molecule has 6 rings (SSSR count). The highest BCUT2D eigenvalue weighted by Crippen LogP contribution is 2.46. The van der Waals surface area contributed by atoms with Gasteiger partial charge in [0.25, 0.3) is 0 Å². The third-order valence-corrected chi connectivity index (χ3v) is 13.5. The van der Waals surface area contributed by atoms with E-state index in [2.05, 4.69) is 41.2 Å². The lowest BCUT2D eigenvalue weighted by atomic mass is 9.72. The van der Waals surface area contributed by atoms with Gasteiger partial charge in [-0.1, -0.05) is 134 Å². The maximum atomic E-state index is 14.1. The highest BCUT2D eigenvalue weighted by molar-refractivity contribution is 7.85. The van der Waals surface area contributed by atoms with E-state index in [4.69, 9.17) is 9.47 Å². The topological polar surface area (TPSA) is 79.9 Å². The molecule has 2 aromatic rings. The van der Waals surface area contributed by atoms with Crippen LogP contribution in [-0.2, 0) is 15.5 Å². The molecule has 0 spiro atoms. The monoisotopic (exact) mass is 745 g/mol. The number of piperidine rings is 3. The molecule has 0 aromatic heterocycles. The number of benzene rings is 2. The van der Waals surface area contributed by atoms with Gasteiger partial charge < -0.3 is 14.8 Å². The molecule has 4 aliphatic rings. The predicted molar refractivity (Wildman–Crippen MR) is 223 cm³/mol. The molecule has 3 fully saturated rings. The second-order valence-corrected chi connectivity index (χ2v) is 17.2. The van der Waals surface area contributed by atoms with E-state index in [-0.39, 0.29) is 11.4 Å². The smallest absolute Gasteiger partial charge is 0.412 e. The van der Waals surface area contributed by atoms with Gasteiger partial charge in [0.1, 0.15) is 11.9 Å². The molecule has 7 nitrogen and oxygen atoms in total. The van der Waals surface area contributed by atoms with Crippen molar-refractivity contribution in [3.8, 4) is 5.75 Å². The van der Waals surface area contributed by atoms with Crippen LogP contribution in [0.3, 0.4) is 0 Å². The molecule has 1 amide bonds. The Kier molecular flexibility index (Phi) is 17.3. The zero-order chi connectivity index (χ0) is 37.3. The first kappa shape index (κ1) is 41.1. The molecule has 4 heterocycles. The first-order chi connectivity index (χ1) is 26.0. The minimum Gasteiger partial charge on any atom is -0.497 e. The summed E-state index contributed by atoms with van der Waals surface area (Å²) >= 11 is 0. The molecule has 2 bridgehead atoms. The van der Waals surface area contributed by atoms with Gasteiger partial charge in [-0.2, -0.15) is 0 Å². The number of nitrogens with zero attached hydrogens (tertiary/aromatic N) is 1. The summed E-state index contributed by atoms with van der Waals surface area (Å²) in [4.78, 5) is 16.0. The van der Waals surface area contributed by atoms with Gasteiger partial charge in [0.05, 0.1) is 18.5 Å². The van der Waals surface area contributed by atoms with Crippen molar-refractivity contribution >= 4 is 33.8 Å². The number of carbonyl (C=O) groups excluding carboxylic acids is 1. The van der Waals surface area contributed by atoms with Crippen LogP contribution in [0.2, 0.25) is 0 Å². The summed E-state index contributed by atoms with van der Waals surface area (Å²) in [5.41, 5.74) is 3.62. The van der Waals surface area contributed by atoms with Crippen molar-refractivity contribution in [1.29, 1.82) is 0 Å². The second-order valence-electron chi connectivity index (χ2n) is 15.5. The number of hydrogen-bond donors (Lipinski definition) is 2. The molecule has 0 aliphatic carbocycles. The molecule has 3 saturated heterocycles. The van der Waals surface area contributed by atoms with Gasteiger partial charge in [-0.3, -0.25) is 14.4 Å². The number of nitrogens with one attached hydrogen (secondary N) is 2. The number of methoxy groups -OCH3 is 1. The van der Waals surface area contributed by atoms with E-state index in [1.807, 2.05) is 48.5 Å². The van der Waals surface area contributed by atoms with E-state index >= 15 is 0 Å². The zero-order valence-electron chi connectivity index (χ0n) is 32.7. The van der Waals surface area contributed by atoms with Crippen molar-refractivity contribution < 1.29 is 18.5 Å². The third kappa shape index (κ3) is 12.2. The number of unbranched alkanes of at least 4 members (excludes halogenated alkanes) is 15. The number of para-hydroxylation sites is 1. The van der Waals surface area contributed by atoms with Crippen LogP contribution in [-0.4, -0.2) is 58.7 Å². The lowest BCUT2D eigenvalue weighted by Crippen LogP contribution is -2.63. The van der Waals surface area contributed by atoms with E-state index in [0.29, 0.717) is 24.1 Å². The Hall–Kier alpha value is -3.10. The van der Waals surface area contributed by atoms with E-state index < -0.39 is 23.0 Å². The number of hydrogen-bond acceptors (Lipinski definition) is 6. The van der Waals surface area contributed by atoms with Gasteiger partial charge in [0.2, 0.25) is 0 Å². The van der Waals surface area contributed by atoms with E-state index in [9.17, 15) is 9.00 Å². The molecule has 4 unspecified atom stereocenters. The Bertz CT molecular complexity index is 1460. The van der Waals surface area contributed by atoms with Crippen LogP contribution in [0, 0.1) is 11.8 Å². The highest BCUT2D eigenvalue weighted by Gasteiger charge is 2.50. The molecule has 0 radical (unpaired) electrons. The first-order valence-corrected chi connectivity index (χ1v) is 22.3. The van der Waals surface area contributed by atoms with Crippen LogP contribution >= 0.6 is 0 Å². The number of ether oxygens (including phenoxy) is 2. The maximum absolute atomic E-state index is 14.1. The van der Waals surface area contributed by atoms with Crippen molar-refractivity contribution in [3.63, 3.8) is 0 Å². The van der Waals surface area contributed by atoms with E-state index in [1.165, 1.54) is 89.9 Å². The van der Waals surface area contributed by atoms with Crippen molar-refractivity contribution in [2.75, 3.05) is 36.6 Å². The SMILES string of the molecule is C=C[C@H]1CN2C(S(=O)CCCCCCCCCCCCCCCCCC)CC1C[C@H]2[C@H](OC(=O)Nc1ccccc1)C1=CCNc2ccc(OC)cc21. The summed E-state index contributed by atoms with van der Waals surface area (Å²) in [7, 11) is 0.677. The Morgan fingerprint density at radius 3 is 2.17 bits per heavy atom. The fourth-order valence-electron chi connectivity index (χ4n) is 8.72. The number of amides is 1. The van der Waals surface area contributed by atoms with Crippen molar-refractivity contribution in [3.05, 3.63) is 72.8 Å². The molecule has 53 heavy (non-hydrogen) atoms. The van der Waals surface area contributed by atoms with Gasteiger partial charge in [0, 0.05) is 52.2 Å². The lowest BCUT2D eigenvalue weighted by molar-refractivity contribution is -0.0401. The fraction of sp³-hybridized carbons (Fsp3) is 0.622. The second kappa shape index (κ2) is 22.3.